The Balaban J connectivity index is 1.56. The molecule has 1 aromatic carbocycles. The van der Waals surface area contributed by atoms with Crippen LogP contribution in [0.5, 0.6) is 0 Å². The second kappa shape index (κ2) is 4.05. The highest BCUT2D eigenvalue weighted by Crippen LogP contribution is 2.64. The van der Waals surface area contributed by atoms with Crippen molar-refractivity contribution < 1.29 is 4.39 Å². The topological polar surface area (TPSA) is 12.0 Å². The van der Waals surface area contributed by atoms with Gasteiger partial charge in [-0.3, -0.25) is 0 Å². The molecule has 0 atom stereocenters. The third-order valence-corrected chi connectivity index (χ3v) is 5.58. The molecule has 4 rings (SSSR count). The molecule has 0 radical (unpaired) electrons. The molecule has 1 N–H and O–H groups in total. The van der Waals surface area contributed by atoms with Gasteiger partial charge in [-0.15, -0.1) is 0 Å². The van der Waals surface area contributed by atoms with Crippen LogP contribution in [-0.2, 0) is 5.41 Å². The van der Waals surface area contributed by atoms with Crippen LogP contribution in [0, 0.1) is 11.2 Å². The van der Waals surface area contributed by atoms with Crippen LogP contribution in [-0.4, -0.2) is 12.6 Å². The monoisotopic (exact) mass is 259 g/mol. The van der Waals surface area contributed by atoms with Crippen LogP contribution in [0.15, 0.2) is 24.3 Å². The Bertz CT molecular complexity index is 480. The minimum absolute atomic E-state index is 0.0853. The SMILES string of the molecule is Fc1cccc(C2(CNC3CC3)CC3(CCC3)C2)c1. The molecule has 0 amide bonds. The van der Waals surface area contributed by atoms with Gasteiger partial charge in [-0.2, -0.15) is 0 Å². The van der Waals surface area contributed by atoms with Gasteiger partial charge in [-0.25, -0.2) is 4.39 Å². The van der Waals surface area contributed by atoms with Crippen molar-refractivity contribution in [1.29, 1.82) is 0 Å². The first-order valence-electron chi connectivity index (χ1n) is 7.69. The van der Waals surface area contributed by atoms with E-state index < -0.39 is 0 Å². The van der Waals surface area contributed by atoms with Gasteiger partial charge in [-0.1, -0.05) is 18.6 Å². The number of benzene rings is 1. The molecule has 1 spiro atoms. The van der Waals surface area contributed by atoms with Crippen molar-refractivity contribution in [2.24, 2.45) is 5.41 Å². The second-order valence-corrected chi connectivity index (χ2v) is 7.15. The Morgan fingerprint density at radius 3 is 2.58 bits per heavy atom. The van der Waals surface area contributed by atoms with E-state index in [1.54, 1.807) is 12.1 Å². The zero-order chi connectivity index (χ0) is 12.9. The van der Waals surface area contributed by atoms with Crippen molar-refractivity contribution in [2.75, 3.05) is 6.54 Å². The minimum atomic E-state index is -0.0853. The van der Waals surface area contributed by atoms with Crippen molar-refractivity contribution in [2.45, 2.75) is 56.4 Å². The number of rotatable bonds is 4. The van der Waals surface area contributed by atoms with Crippen LogP contribution in [0.1, 0.15) is 50.5 Å². The molecule has 2 heteroatoms. The van der Waals surface area contributed by atoms with Crippen LogP contribution >= 0.6 is 0 Å². The highest BCUT2D eigenvalue weighted by atomic mass is 19.1. The molecule has 0 aromatic heterocycles. The summed E-state index contributed by atoms with van der Waals surface area (Å²) in [6, 6.07) is 8.06. The second-order valence-electron chi connectivity index (χ2n) is 7.15. The van der Waals surface area contributed by atoms with E-state index >= 15 is 0 Å². The van der Waals surface area contributed by atoms with Crippen molar-refractivity contribution in [1.82, 2.24) is 5.32 Å². The normalized spacial score (nSPS) is 26.8. The van der Waals surface area contributed by atoms with E-state index in [1.165, 1.54) is 50.5 Å². The van der Waals surface area contributed by atoms with Gasteiger partial charge in [0.15, 0.2) is 0 Å². The van der Waals surface area contributed by atoms with Gasteiger partial charge in [-0.05, 0) is 61.6 Å². The third-order valence-electron chi connectivity index (χ3n) is 5.58. The lowest BCUT2D eigenvalue weighted by Crippen LogP contribution is -2.57. The summed E-state index contributed by atoms with van der Waals surface area (Å²) in [6.45, 7) is 1.04. The molecule has 0 bridgehead atoms. The molecular weight excluding hydrogens is 237 g/mol. The average molecular weight is 259 g/mol. The fourth-order valence-corrected chi connectivity index (χ4v) is 4.29. The maximum atomic E-state index is 13.5. The molecule has 0 heterocycles. The van der Waals surface area contributed by atoms with Gasteiger partial charge in [0.1, 0.15) is 5.82 Å². The maximum Gasteiger partial charge on any atom is 0.123 e. The Labute approximate surface area is 114 Å². The summed E-state index contributed by atoms with van der Waals surface area (Å²) in [7, 11) is 0. The molecule has 19 heavy (non-hydrogen) atoms. The quantitative estimate of drug-likeness (QED) is 0.867. The molecule has 3 fully saturated rings. The molecule has 3 aliphatic carbocycles. The van der Waals surface area contributed by atoms with Crippen LogP contribution in [0.2, 0.25) is 0 Å². The van der Waals surface area contributed by atoms with E-state index in [4.69, 9.17) is 0 Å². The van der Waals surface area contributed by atoms with Gasteiger partial charge in [0.2, 0.25) is 0 Å². The highest BCUT2D eigenvalue weighted by molar-refractivity contribution is 5.33. The average Bonchev–Trinajstić information content (AvgIpc) is 3.09. The summed E-state index contributed by atoms with van der Waals surface area (Å²) in [5.74, 6) is -0.0853. The van der Waals surface area contributed by atoms with Crippen LogP contribution < -0.4 is 5.32 Å². The first-order chi connectivity index (χ1) is 9.20. The van der Waals surface area contributed by atoms with Crippen molar-refractivity contribution in [3.8, 4) is 0 Å². The molecule has 0 saturated heterocycles. The number of hydrogen-bond acceptors (Lipinski definition) is 1. The summed E-state index contributed by atoms with van der Waals surface area (Å²) in [5.41, 5.74) is 2.06. The van der Waals surface area contributed by atoms with E-state index in [0.717, 1.165) is 12.6 Å². The molecule has 1 nitrogen and oxygen atoms in total. The van der Waals surface area contributed by atoms with Crippen LogP contribution in [0.25, 0.3) is 0 Å². The maximum absolute atomic E-state index is 13.5. The number of nitrogens with one attached hydrogen (secondary N) is 1. The van der Waals surface area contributed by atoms with Gasteiger partial charge in [0, 0.05) is 18.0 Å². The van der Waals surface area contributed by atoms with Crippen LogP contribution in [0.3, 0.4) is 0 Å². The third kappa shape index (κ3) is 2.01. The van der Waals surface area contributed by atoms with Gasteiger partial charge >= 0.3 is 0 Å². The largest absolute Gasteiger partial charge is 0.313 e. The Kier molecular flexibility index (Phi) is 2.54. The molecular formula is C17H22FN. The van der Waals surface area contributed by atoms with E-state index in [9.17, 15) is 4.39 Å². The van der Waals surface area contributed by atoms with E-state index in [0.29, 0.717) is 5.41 Å². The van der Waals surface area contributed by atoms with E-state index in [1.807, 2.05) is 6.07 Å². The summed E-state index contributed by atoms with van der Waals surface area (Å²) in [6.07, 6.45) is 9.37. The minimum Gasteiger partial charge on any atom is -0.313 e. The lowest BCUT2D eigenvalue weighted by Gasteiger charge is -2.62. The standard InChI is InChI=1S/C17H22FN/c18-14-4-1-3-13(9-14)17(12-19-15-5-6-15)10-16(11-17)7-2-8-16/h1,3-4,9,15,19H,2,5-8,10-12H2. The predicted molar refractivity (Wildman–Crippen MR) is 74.6 cm³/mol. The zero-order valence-corrected chi connectivity index (χ0v) is 11.4. The zero-order valence-electron chi connectivity index (χ0n) is 11.4. The van der Waals surface area contributed by atoms with E-state index in [-0.39, 0.29) is 11.2 Å². The summed E-state index contributed by atoms with van der Waals surface area (Å²) in [5, 5.41) is 3.68. The molecule has 0 unspecified atom stereocenters. The van der Waals surface area contributed by atoms with Gasteiger partial charge < -0.3 is 5.32 Å². The summed E-state index contributed by atoms with van der Waals surface area (Å²) < 4.78 is 13.5. The molecule has 3 aliphatic rings. The van der Waals surface area contributed by atoms with Gasteiger partial charge in [0.25, 0.3) is 0 Å². The van der Waals surface area contributed by atoms with E-state index in [2.05, 4.69) is 11.4 Å². The first-order valence-corrected chi connectivity index (χ1v) is 7.69. The first kappa shape index (κ1) is 11.9. The van der Waals surface area contributed by atoms with Crippen molar-refractivity contribution >= 4 is 0 Å². The smallest absolute Gasteiger partial charge is 0.123 e. The van der Waals surface area contributed by atoms with Crippen LogP contribution in [0.4, 0.5) is 4.39 Å². The lowest BCUT2D eigenvalue weighted by molar-refractivity contribution is -0.0485. The molecule has 3 saturated carbocycles. The van der Waals surface area contributed by atoms with Crippen molar-refractivity contribution in [3.05, 3.63) is 35.6 Å². The summed E-state index contributed by atoms with van der Waals surface area (Å²) in [4.78, 5) is 0. The Hall–Kier alpha value is -0.890. The fraction of sp³-hybridized carbons (Fsp3) is 0.647. The molecule has 1 aromatic rings. The lowest BCUT2D eigenvalue weighted by atomic mass is 9.43. The molecule has 102 valence electrons. The predicted octanol–water partition coefficient (Wildman–Crippen LogP) is 3.78. The highest BCUT2D eigenvalue weighted by Gasteiger charge is 2.57. The van der Waals surface area contributed by atoms with Crippen molar-refractivity contribution in [3.63, 3.8) is 0 Å². The fourth-order valence-electron chi connectivity index (χ4n) is 4.29. The summed E-state index contributed by atoms with van der Waals surface area (Å²) >= 11 is 0. The Morgan fingerprint density at radius 2 is 2.00 bits per heavy atom. The van der Waals surface area contributed by atoms with Gasteiger partial charge in [0.05, 0.1) is 0 Å². The number of halogens is 1. The number of hydrogen-bond donors (Lipinski definition) is 1. The molecule has 0 aliphatic heterocycles. The Morgan fingerprint density at radius 1 is 1.21 bits per heavy atom.